The lowest BCUT2D eigenvalue weighted by molar-refractivity contribution is -0.138. The Morgan fingerprint density at radius 3 is 1.40 bits per heavy atom. The van der Waals surface area contributed by atoms with Gasteiger partial charge in [0, 0.05) is 40.9 Å². The third-order valence-corrected chi connectivity index (χ3v) is 13.3. The van der Waals surface area contributed by atoms with Crippen LogP contribution in [-0.4, -0.2) is 56.4 Å². The molecule has 15 nitrogen and oxygen atoms in total. The maximum absolute atomic E-state index is 13.3. The molecule has 2 amide bonds. The van der Waals surface area contributed by atoms with Gasteiger partial charge in [-0.2, -0.15) is 26.3 Å². The summed E-state index contributed by atoms with van der Waals surface area (Å²) < 4.78 is 135. The summed E-state index contributed by atoms with van der Waals surface area (Å²) in [6, 6.07) is 13.6. The Labute approximate surface area is 441 Å². The van der Waals surface area contributed by atoms with Gasteiger partial charge in [-0.3, -0.25) is 19.0 Å². The number of hydrogen-bond acceptors (Lipinski definition) is 11. The largest absolute Gasteiger partial charge is 0.417 e. The van der Waals surface area contributed by atoms with Crippen molar-refractivity contribution in [3.05, 3.63) is 168 Å². The van der Waals surface area contributed by atoms with Crippen LogP contribution in [-0.2, 0) is 37.2 Å². The van der Waals surface area contributed by atoms with E-state index in [1.165, 1.54) is 42.3 Å². The first kappa shape index (κ1) is 59.4. The molecule has 0 aliphatic carbocycles. The van der Waals surface area contributed by atoms with Gasteiger partial charge in [-0.05, 0) is 105 Å². The molecule has 0 aliphatic heterocycles. The second-order valence-electron chi connectivity index (χ2n) is 14.6. The highest BCUT2D eigenvalue weighted by atomic mass is 35.5. The van der Waals surface area contributed by atoms with Gasteiger partial charge in [-0.15, -0.1) is 0 Å². The van der Waals surface area contributed by atoms with E-state index in [2.05, 4.69) is 31.9 Å². The average Bonchev–Trinajstić information content (AvgIpc) is 3.27. The lowest BCUT2D eigenvalue weighted by atomic mass is 10.1. The molecule has 6 N–H and O–H groups in total. The number of aromatic nitrogens is 2. The Morgan fingerprint density at radius 2 is 1.00 bits per heavy atom. The van der Waals surface area contributed by atoms with Crippen LogP contribution in [0.4, 0.5) is 53.9 Å². The third-order valence-electron chi connectivity index (χ3n) is 8.86. The number of carbonyl (C=O) groups excluding carboxylic acids is 4. The molecule has 6 aromatic rings. The highest BCUT2D eigenvalue weighted by molar-refractivity contribution is 7.93. The van der Waals surface area contributed by atoms with Crippen molar-refractivity contribution >= 4 is 136 Å². The summed E-state index contributed by atoms with van der Waals surface area (Å²) in [6.07, 6.45) is -7.63. The number of pyridine rings is 2. The molecular formula is C44H31Cl6F6N7O8S2. The number of alkyl halides is 6. The number of carbonyl (C=O) groups is 3. The zero-order valence-electron chi connectivity index (χ0n) is 36.6. The number of rotatable bonds is 12. The Bertz CT molecular complexity index is 3380. The predicted octanol–water partition coefficient (Wildman–Crippen LogP) is 12.3. The number of hydrogen-bond donors (Lipinski definition) is 5. The van der Waals surface area contributed by atoms with Crippen molar-refractivity contribution in [1.29, 1.82) is 0 Å². The molecule has 0 radical (unpaired) electrons. The van der Waals surface area contributed by atoms with Gasteiger partial charge < -0.3 is 16.4 Å². The molecule has 6 rings (SSSR count). The Kier molecular flexibility index (Phi) is 19.8. The fraction of sp³-hybridized carbons (Fsp3) is 0.114. The zero-order chi connectivity index (χ0) is 55.0. The molecule has 0 atom stereocenters. The maximum atomic E-state index is 13.3. The summed E-state index contributed by atoms with van der Waals surface area (Å²) >= 11 is 35.2. The van der Waals surface area contributed by atoms with Crippen LogP contribution in [0.1, 0.15) is 57.1 Å². The molecule has 0 bridgehead atoms. The number of halogens is 12. The first-order valence-electron chi connectivity index (χ1n) is 19.6. The molecular weight excluding hydrogens is 1150 g/mol. The van der Waals surface area contributed by atoms with Gasteiger partial charge in [0.15, 0.2) is 0 Å². The lowest BCUT2D eigenvalue weighted by Gasteiger charge is -2.15. The number of nitrogen functional groups attached to an aromatic ring is 1. The van der Waals surface area contributed by atoms with Crippen LogP contribution in [0.2, 0.25) is 30.1 Å². The molecule has 0 saturated heterocycles. The number of nitrogens with two attached hydrogens (primary N) is 1. The van der Waals surface area contributed by atoms with Crippen LogP contribution in [0.25, 0.3) is 0 Å². The van der Waals surface area contributed by atoms with E-state index >= 15 is 0 Å². The third kappa shape index (κ3) is 15.9. The maximum Gasteiger partial charge on any atom is 0.417 e. The summed E-state index contributed by atoms with van der Waals surface area (Å²) in [5.74, 6) is -0.395. The van der Waals surface area contributed by atoms with Crippen LogP contribution in [0.15, 0.2) is 114 Å². The van der Waals surface area contributed by atoms with E-state index in [0.29, 0.717) is 12.1 Å². The smallest absolute Gasteiger partial charge is 0.399 e. The molecule has 0 unspecified atom stereocenters. The first-order valence-corrected chi connectivity index (χ1v) is 24.8. The van der Waals surface area contributed by atoms with Gasteiger partial charge in [0.05, 0.1) is 62.4 Å². The van der Waals surface area contributed by atoms with E-state index in [1.54, 1.807) is 13.8 Å². The van der Waals surface area contributed by atoms with Crippen molar-refractivity contribution in [3.8, 4) is 0 Å². The van der Waals surface area contributed by atoms with Gasteiger partial charge in [-0.1, -0.05) is 69.6 Å². The number of anilines is 4. The standard InChI is InChI=1S/C23H18Cl3F3N4O4S.C19H11Cl3F3N3O3S.C2H2O/c1-11(2)31-22(35)32-13-3-5-17(25)15(8-13)21(34)20-19(7-12(24)10-30-20)33-38(36,37)14-4-6-18(26)16(9-14)23(27,28)29;20-9-5-16(17(27-8-9)18(29)12-6-10(26)1-3-14(12)21)28-32(30,31)11-2-4-15(22)13(7-11)19(23,24)25;1-2-3/h3-11,33H,1-2H3,(H2,31,32,35);1-8,28H,26H2;1H2. The lowest BCUT2D eigenvalue weighted by Crippen LogP contribution is -2.34. The summed E-state index contributed by atoms with van der Waals surface area (Å²) in [4.78, 5) is 53.2. The molecule has 0 saturated carbocycles. The minimum atomic E-state index is -4.91. The van der Waals surface area contributed by atoms with Gasteiger partial charge in [0.1, 0.15) is 17.3 Å². The van der Waals surface area contributed by atoms with Gasteiger partial charge in [-0.25, -0.2) is 36.4 Å². The van der Waals surface area contributed by atoms with Gasteiger partial charge in [0.25, 0.3) is 20.0 Å². The van der Waals surface area contributed by atoms with Crippen molar-refractivity contribution in [2.45, 2.75) is 42.0 Å². The fourth-order valence-electron chi connectivity index (χ4n) is 5.76. The first-order chi connectivity index (χ1) is 33.8. The topological polar surface area (TPSA) is 236 Å². The van der Waals surface area contributed by atoms with Crippen LogP contribution >= 0.6 is 69.6 Å². The van der Waals surface area contributed by atoms with Gasteiger partial charge in [0.2, 0.25) is 11.6 Å². The van der Waals surface area contributed by atoms with Crippen molar-refractivity contribution in [1.82, 2.24) is 15.3 Å². The van der Waals surface area contributed by atoms with E-state index in [4.69, 9.17) is 80.1 Å². The monoisotopic (exact) mass is 1170 g/mol. The van der Waals surface area contributed by atoms with Crippen LogP contribution in [0, 0.1) is 0 Å². The molecule has 0 fully saturated rings. The van der Waals surface area contributed by atoms with Crippen LogP contribution in [0.5, 0.6) is 0 Å². The van der Waals surface area contributed by atoms with E-state index in [9.17, 15) is 57.6 Å². The van der Waals surface area contributed by atoms with E-state index < -0.39 is 98.0 Å². The number of ketones is 2. The predicted molar refractivity (Wildman–Crippen MR) is 266 cm³/mol. The number of sulfonamides is 2. The number of urea groups is 1. The molecule has 2 aromatic heterocycles. The number of nitrogens with one attached hydrogen (secondary N) is 4. The minimum absolute atomic E-state index is 0.0299. The van der Waals surface area contributed by atoms with Gasteiger partial charge >= 0.3 is 18.4 Å². The second-order valence-corrected chi connectivity index (χ2v) is 20.4. The summed E-state index contributed by atoms with van der Waals surface area (Å²) in [5, 5.41) is 3.66. The Hall–Kier alpha value is -6.14. The normalized spacial score (nSPS) is 11.5. The molecule has 0 spiro atoms. The SMILES string of the molecule is C=C=O.CC(C)NC(=O)Nc1ccc(Cl)c(C(=O)c2ncc(Cl)cc2NS(=O)(=O)c2ccc(Cl)c(C(F)(F)F)c2)c1.Nc1ccc(Cl)c(C(=O)c2ncc(Cl)cc2NS(=O)(=O)c2ccc(Cl)c(C(F)(F)F)c2)c1. The highest BCUT2D eigenvalue weighted by Gasteiger charge is 2.36. The Balaban J connectivity index is 0.000000304. The van der Waals surface area contributed by atoms with Crippen LogP contribution < -0.4 is 25.8 Å². The van der Waals surface area contributed by atoms with Crippen molar-refractivity contribution in [2.24, 2.45) is 0 Å². The molecule has 386 valence electrons. The minimum Gasteiger partial charge on any atom is -0.399 e. The van der Waals surface area contributed by atoms with Crippen LogP contribution in [0.3, 0.4) is 0 Å². The number of amides is 2. The number of benzene rings is 4. The van der Waals surface area contributed by atoms with E-state index in [1.807, 2.05) is 4.72 Å². The highest BCUT2D eigenvalue weighted by Crippen LogP contribution is 2.38. The molecule has 4 aromatic carbocycles. The molecule has 29 heteroatoms. The van der Waals surface area contributed by atoms with Crippen molar-refractivity contribution < 1.29 is 62.4 Å². The summed E-state index contributed by atoms with van der Waals surface area (Å²) in [7, 11) is -9.27. The van der Waals surface area contributed by atoms with Crippen molar-refractivity contribution in [3.63, 3.8) is 0 Å². The molecule has 73 heavy (non-hydrogen) atoms. The molecule has 2 heterocycles. The second kappa shape index (κ2) is 24.3. The summed E-state index contributed by atoms with van der Waals surface area (Å²) in [6.45, 7) is 6.18. The van der Waals surface area contributed by atoms with Crippen molar-refractivity contribution in [2.75, 3.05) is 20.5 Å². The molecule has 0 aliphatic rings. The average molecular weight is 1180 g/mol. The summed E-state index contributed by atoms with van der Waals surface area (Å²) in [5.41, 5.74) is 1.56. The zero-order valence-corrected chi connectivity index (χ0v) is 42.8. The number of nitrogens with zero attached hydrogens (tertiary/aromatic N) is 2. The van der Waals surface area contributed by atoms with E-state index in [0.717, 1.165) is 48.8 Å². The Morgan fingerprint density at radius 1 is 0.616 bits per heavy atom. The quantitative estimate of drug-likeness (QED) is 0.0334. The fourth-order valence-corrected chi connectivity index (χ4v) is 9.10. The van der Waals surface area contributed by atoms with E-state index in [-0.39, 0.29) is 54.3 Å².